The zero-order valence-electron chi connectivity index (χ0n) is 17.2. The van der Waals surface area contributed by atoms with Crippen molar-refractivity contribution < 1.29 is 13.9 Å². The van der Waals surface area contributed by atoms with Gasteiger partial charge < -0.3 is 24.3 Å². The van der Waals surface area contributed by atoms with Crippen molar-refractivity contribution >= 4 is 47.4 Å². The molecule has 2 heterocycles. The van der Waals surface area contributed by atoms with Gasteiger partial charge in [0.25, 0.3) is 0 Å². The molecule has 1 amide bonds. The van der Waals surface area contributed by atoms with Crippen molar-refractivity contribution in [2.75, 3.05) is 40.3 Å². The molecule has 1 atom stereocenters. The summed E-state index contributed by atoms with van der Waals surface area (Å²) in [5, 5.41) is 3.96. The van der Waals surface area contributed by atoms with Gasteiger partial charge in [0.1, 0.15) is 24.2 Å². The molecule has 0 saturated carbocycles. The van der Waals surface area contributed by atoms with Crippen molar-refractivity contribution in [3.8, 4) is 5.75 Å². The number of carbonyl (C=O) groups excluding carboxylic acids is 1. The lowest BCUT2D eigenvalue weighted by molar-refractivity contribution is -0.127. The number of para-hydroxylation sites is 1. The van der Waals surface area contributed by atoms with E-state index in [1.54, 1.807) is 20.4 Å². The third kappa shape index (κ3) is 7.09. The summed E-state index contributed by atoms with van der Waals surface area (Å²) >= 11 is 6.21. The minimum absolute atomic E-state index is 0. The van der Waals surface area contributed by atoms with Gasteiger partial charge in [-0.3, -0.25) is 4.79 Å². The number of aliphatic imine (C=N–C) groups is 1. The molecule has 1 fully saturated rings. The first-order valence-electron chi connectivity index (χ1n) is 9.70. The molecule has 2 aromatic rings. The second kappa shape index (κ2) is 12.0. The smallest absolute Gasteiger partial charge is 0.243 e. The first kappa shape index (κ1) is 24.3. The van der Waals surface area contributed by atoms with E-state index in [4.69, 9.17) is 20.8 Å². The molecule has 1 N–H and O–H groups in total. The molecule has 3 rings (SSSR count). The summed E-state index contributed by atoms with van der Waals surface area (Å²) in [4.78, 5) is 20.2. The highest BCUT2D eigenvalue weighted by atomic mass is 127. The maximum absolute atomic E-state index is 12.0. The van der Waals surface area contributed by atoms with Crippen molar-refractivity contribution in [1.29, 1.82) is 0 Å². The van der Waals surface area contributed by atoms with Gasteiger partial charge in [-0.15, -0.1) is 24.0 Å². The van der Waals surface area contributed by atoms with Crippen LogP contribution >= 0.6 is 35.6 Å². The lowest BCUT2D eigenvalue weighted by Crippen LogP contribution is -2.42. The summed E-state index contributed by atoms with van der Waals surface area (Å²) in [5.74, 6) is 2.26. The number of ether oxygens (including phenoxy) is 1. The SMILES string of the molecule is CN(C)C(=O)CN=C(NCCc1ccco1)N1CCC(Oc2ccccc2Cl)C1.I. The second-order valence-corrected chi connectivity index (χ2v) is 7.50. The van der Waals surface area contributed by atoms with E-state index in [1.807, 2.05) is 36.4 Å². The molecule has 0 aliphatic carbocycles. The Morgan fingerprint density at radius 1 is 1.33 bits per heavy atom. The van der Waals surface area contributed by atoms with Crippen LogP contribution in [0, 0.1) is 0 Å². The van der Waals surface area contributed by atoms with Crippen LogP contribution in [0.4, 0.5) is 0 Å². The Morgan fingerprint density at radius 3 is 2.83 bits per heavy atom. The topological polar surface area (TPSA) is 70.3 Å². The fourth-order valence-electron chi connectivity index (χ4n) is 3.04. The number of carbonyl (C=O) groups is 1. The molecule has 1 aliphatic rings. The van der Waals surface area contributed by atoms with Gasteiger partial charge in [-0.05, 0) is 24.3 Å². The van der Waals surface area contributed by atoms with Crippen molar-refractivity contribution in [3.63, 3.8) is 0 Å². The molecule has 164 valence electrons. The van der Waals surface area contributed by atoms with E-state index in [0.29, 0.717) is 29.8 Å². The average Bonchev–Trinajstić information content (AvgIpc) is 3.38. The number of benzene rings is 1. The van der Waals surface area contributed by atoms with E-state index < -0.39 is 0 Å². The minimum Gasteiger partial charge on any atom is -0.487 e. The number of likely N-dealkylation sites (N-methyl/N-ethyl adjacent to an activating group) is 1. The number of amides is 1. The van der Waals surface area contributed by atoms with Gasteiger partial charge in [-0.1, -0.05) is 23.7 Å². The molecule has 30 heavy (non-hydrogen) atoms. The second-order valence-electron chi connectivity index (χ2n) is 7.09. The molecule has 1 saturated heterocycles. The number of halogens is 2. The molecule has 0 radical (unpaired) electrons. The minimum atomic E-state index is -0.0431. The number of likely N-dealkylation sites (tertiary alicyclic amines) is 1. The standard InChI is InChI=1S/C21H27ClN4O3.HI/c1-25(2)20(27)14-24-21(23-11-9-16-6-5-13-28-16)26-12-10-17(15-26)29-19-8-4-3-7-18(19)22;/h3-8,13,17H,9-12,14-15H2,1-2H3,(H,23,24);1H. The van der Waals surface area contributed by atoms with E-state index in [1.165, 1.54) is 4.90 Å². The predicted octanol–water partition coefficient (Wildman–Crippen LogP) is 3.28. The lowest BCUT2D eigenvalue weighted by atomic mass is 10.3. The normalized spacial score (nSPS) is 16.2. The van der Waals surface area contributed by atoms with E-state index in [9.17, 15) is 4.79 Å². The van der Waals surface area contributed by atoms with Crippen molar-refractivity contribution in [1.82, 2.24) is 15.1 Å². The first-order chi connectivity index (χ1) is 14.0. The summed E-state index contributed by atoms with van der Waals surface area (Å²) in [6.07, 6.45) is 3.26. The van der Waals surface area contributed by atoms with E-state index in [0.717, 1.165) is 25.1 Å². The van der Waals surface area contributed by atoms with E-state index in [2.05, 4.69) is 15.2 Å². The largest absolute Gasteiger partial charge is 0.487 e. The van der Waals surface area contributed by atoms with Gasteiger partial charge in [0.05, 0.1) is 17.8 Å². The summed E-state index contributed by atoms with van der Waals surface area (Å²) in [6.45, 7) is 2.23. The number of nitrogens with one attached hydrogen (secondary N) is 1. The van der Waals surface area contributed by atoms with Gasteiger partial charge >= 0.3 is 0 Å². The number of furan rings is 1. The van der Waals surface area contributed by atoms with Crippen LogP contribution in [0.5, 0.6) is 5.75 Å². The summed E-state index contributed by atoms with van der Waals surface area (Å²) in [5.41, 5.74) is 0. The van der Waals surface area contributed by atoms with E-state index in [-0.39, 0.29) is 42.5 Å². The van der Waals surface area contributed by atoms with Crippen LogP contribution in [-0.2, 0) is 11.2 Å². The molecule has 9 heteroatoms. The van der Waals surface area contributed by atoms with Gasteiger partial charge in [-0.2, -0.15) is 0 Å². The highest BCUT2D eigenvalue weighted by Crippen LogP contribution is 2.26. The van der Waals surface area contributed by atoms with Crippen LogP contribution < -0.4 is 10.1 Å². The lowest BCUT2D eigenvalue weighted by Gasteiger charge is -2.22. The Labute approximate surface area is 199 Å². The molecule has 0 spiro atoms. The summed E-state index contributed by atoms with van der Waals surface area (Å²) < 4.78 is 11.4. The van der Waals surface area contributed by atoms with Crippen LogP contribution in [0.2, 0.25) is 5.02 Å². The maximum Gasteiger partial charge on any atom is 0.243 e. The maximum atomic E-state index is 12.0. The third-order valence-electron chi connectivity index (χ3n) is 4.67. The Balaban J connectivity index is 0.00000320. The fraction of sp³-hybridized carbons (Fsp3) is 0.429. The van der Waals surface area contributed by atoms with Crippen LogP contribution in [-0.4, -0.2) is 68.0 Å². The number of guanidine groups is 1. The van der Waals surface area contributed by atoms with Crippen LogP contribution in [0.25, 0.3) is 0 Å². The van der Waals surface area contributed by atoms with Gasteiger partial charge in [0.15, 0.2) is 5.96 Å². The third-order valence-corrected chi connectivity index (χ3v) is 4.98. The molecule has 1 aromatic heterocycles. The number of hydrogen-bond donors (Lipinski definition) is 1. The zero-order chi connectivity index (χ0) is 20.6. The van der Waals surface area contributed by atoms with Crippen LogP contribution in [0.3, 0.4) is 0 Å². The molecule has 1 unspecified atom stereocenters. The van der Waals surface area contributed by atoms with Gasteiger partial charge in [0, 0.05) is 40.0 Å². The number of nitrogens with zero attached hydrogens (tertiary/aromatic N) is 3. The predicted molar refractivity (Wildman–Crippen MR) is 129 cm³/mol. The average molecular weight is 547 g/mol. The van der Waals surface area contributed by atoms with Gasteiger partial charge in [0.2, 0.25) is 5.91 Å². The van der Waals surface area contributed by atoms with Crippen LogP contribution in [0.1, 0.15) is 12.2 Å². The number of hydrogen-bond acceptors (Lipinski definition) is 4. The van der Waals surface area contributed by atoms with Crippen molar-refractivity contribution in [2.45, 2.75) is 18.9 Å². The molecular formula is C21H28ClIN4O3. The summed E-state index contributed by atoms with van der Waals surface area (Å²) in [6, 6.07) is 11.3. The highest BCUT2D eigenvalue weighted by molar-refractivity contribution is 14.0. The number of rotatable bonds is 7. The van der Waals surface area contributed by atoms with Crippen LogP contribution in [0.15, 0.2) is 52.1 Å². The quantitative estimate of drug-likeness (QED) is 0.328. The van der Waals surface area contributed by atoms with Gasteiger partial charge in [-0.25, -0.2) is 4.99 Å². The zero-order valence-corrected chi connectivity index (χ0v) is 20.3. The first-order valence-corrected chi connectivity index (χ1v) is 10.1. The monoisotopic (exact) mass is 546 g/mol. The summed E-state index contributed by atoms with van der Waals surface area (Å²) in [7, 11) is 3.45. The fourth-order valence-corrected chi connectivity index (χ4v) is 3.22. The Kier molecular flexibility index (Phi) is 9.77. The highest BCUT2D eigenvalue weighted by Gasteiger charge is 2.27. The Morgan fingerprint density at radius 2 is 2.13 bits per heavy atom. The molecular weight excluding hydrogens is 519 g/mol. The Bertz CT molecular complexity index is 829. The van der Waals surface area contributed by atoms with Crippen molar-refractivity contribution in [2.24, 2.45) is 4.99 Å². The van der Waals surface area contributed by atoms with Crippen molar-refractivity contribution in [3.05, 3.63) is 53.4 Å². The Hall–Kier alpha value is -1.94. The molecule has 1 aliphatic heterocycles. The van der Waals surface area contributed by atoms with E-state index >= 15 is 0 Å². The molecule has 1 aromatic carbocycles. The molecule has 0 bridgehead atoms. The molecule has 7 nitrogen and oxygen atoms in total.